The minimum Gasteiger partial charge on any atom is -0.467 e. The molecule has 1 aliphatic rings. The van der Waals surface area contributed by atoms with Gasteiger partial charge in [0.25, 0.3) is 0 Å². The topological polar surface area (TPSA) is 42.4 Å². The Morgan fingerprint density at radius 1 is 1.62 bits per heavy atom. The zero-order chi connectivity index (χ0) is 11.5. The van der Waals surface area contributed by atoms with Crippen LogP contribution in [-0.4, -0.2) is 30.6 Å². The Bertz CT molecular complexity index is 392. The van der Waals surface area contributed by atoms with Crippen LogP contribution in [0.4, 0.5) is 5.69 Å². The summed E-state index contributed by atoms with van der Waals surface area (Å²) in [5.74, 6) is -0.146. The molecule has 4 heteroatoms. The van der Waals surface area contributed by atoms with Crippen LogP contribution in [0.25, 0.3) is 0 Å². The highest BCUT2D eigenvalue weighted by Gasteiger charge is 2.31. The van der Waals surface area contributed by atoms with Gasteiger partial charge in [0, 0.05) is 24.1 Å². The summed E-state index contributed by atoms with van der Waals surface area (Å²) in [4.78, 5) is 17.9. The summed E-state index contributed by atoms with van der Waals surface area (Å²) < 4.78 is 4.82. The van der Waals surface area contributed by atoms with E-state index in [1.165, 1.54) is 7.11 Å². The number of methoxy groups -OCH3 is 1. The molecule has 1 fully saturated rings. The predicted octanol–water partition coefficient (Wildman–Crippen LogP) is 1.53. The maximum Gasteiger partial charge on any atom is 0.328 e. The molecule has 1 unspecified atom stereocenters. The molecule has 1 aromatic heterocycles. The Morgan fingerprint density at radius 3 is 3.12 bits per heavy atom. The Hall–Kier alpha value is -1.58. The summed E-state index contributed by atoms with van der Waals surface area (Å²) in [5, 5.41) is 0. The van der Waals surface area contributed by atoms with Gasteiger partial charge < -0.3 is 9.64 Å². The largest absolute Gasteiger partial charge is 0.467 e. The third kappa shape index (κ3) is 2.01. The molecule has 0 bridgehead atoms. The summed E-state index contributed by atoms with van der Waals surface area (Å²) >= 11 is 0. The van der Waals surface area contributed by atoms with Crippen molar-refractivity contribution in [1.82, 2.24) is 4.98 Å². The van der Waals surface area contributed by atoms with Crippen LogP contribution in [0.1, 0.15) is 18.5 Å². The second-order valence-corrected chi connectivity index (χ2v) is 4.03. The molecule has 1 aliphatic heterocycles. The summed E-state index contributed by atoms with van der Waals surface area (Å²) in [5.41, 5.74) is 2.02. The highest BCUT2D eigenvalue weighted by Crippen LogP contribution is 2.26. The molecule has 16 heavy (non-hydrogen) atoms. The van der Waals surface area contributed by atoms with E-state index in [1.807, 2.05) is 19.1 Å². The molecule has 0 radical (unpaired) electrons. The Labute approximate surface area is 95.2 Å². The summed E-state index contributed by atoms with van der Waals surface area (Å²) in [6, 6.07) is 3.81. The Morgan fingerprint density at radius 2 is 2.44 bits per heavy atom. The molecule has 0 aliphatic carbocycles. The minimum absolute atomic E-state index is 0.133. The molecule has 1 atom stereocenters. The monoisotopic (exact) mass is 220 g/mol. The van der Waals surface area contributed by atoms with Crippen molar-refractivity contribution in [2.24, 2.45) is 0 Å². The van der Waals surface area contributed by atoms with Crippen molar-refractivity contribution in [3.8, 4) is 0 Å². The van der Waals surface area contributed by atoms with E-state index < -0.39 is 0 Å². The number of carbonyl (C=O) groups is 1. The zero-order valence-electron chi connectivity index (χ0n) is 9.64. The number of aromatic nitrogens is 1. The van der Waals surface area contributed by atoms with E-state index in [0.29, 0.717) is 0 Å². The van der Waals surface area contributed by atoms with Gasteiger partial charge in [-0.3, -0.25) is 4.98 Å². The summed E-state index contributed by atoms with van der Waals surface area (Å²) in [7, 11) is 1.44. The van der Waals surface area contributed by atoms with Gasteiger partial charge in [0.1, 0.15) is 6.04 Å². The van der Waals surface area contributed by atoms with Gasteiger partial charge in [0.05, 0.1) is 7.11 Å². The SMILES string of the molecule is COC(=O)C1CCCN1c1ccnc(C)c1. The van der Waals surface area contributed by atoms with Crippen LogP contribution < -0.4 is 4.90 Å². The van der Waals surface area contributed by atoms with Crippen molar-refractivity contribution in [3.63, 3.8) is 0 Å². The lowest BCUT2D eigenvalue weighted by Crippen LogP contribution is -2.36. The van der Waals surface area contributed by atoms with Gasteiger partial charge >= 0.3 is 5.97 Å². The van der Waals surface area contributed by atoms with E-state index in [1.54, 1.807) is 6.20 Å². The molecule has 4 nitrogen and oxygen atoms in total. The molecule has 2 heterocycles. The number of esters is 1. The van der Waals surface area contributed by atoms with Gasteiger partial charge in [0.15, 0.2) is 0 Å². The Kier molecular flexibility index (Phi) is 3.08. The van der Waals surface area contributed by atoms with Gasteiger partial charge in [-0.15, -0.1) is 0 Å². The van der Waals surface area contributed by atoms with Gasteiger partial charge in [-0.05, 0) is 31.9 Å². The van der Waals surface area contributed by atoms with Crippen LogP contribution in [0.2, 0.25) is 0 Å². The van der Waals surface area contributed by atoms with Crippen molar-refractivity contribution < 1.29 is 9.53 Å². The highest BCUT2D eigenvalue weighted by atomic mass is 16.5. The number of rotatable bonds is 2. The molecular weight excluding hydrogens is 204 g/mol. The number of hydrogen-bond acceptors (Lipinski definition) is 4. The molecule has 1 saturated heterocycles. The smallest absolute Gasteiger partial charge is 0.328 e. The average Bonchev–Trinajstić information content (AvgIpc) is 2.77. The maximum absolute atomic E-state index is 11.6. The van der Waals surface area contributed by atoms with Crippen LogP contribution in [0.15, 0.2) is 18.3 Å². The lowest BCUT2D eigenvalue weighted by Gasteiger charge is -2.24. The van der Waals surface area contributed by atoms with E-state index in [-0.39, 0.29) is 12.0 Å². The van der Waals surface area contributed by atoms with Crippen LogP contribution >= 0.6 is 0 Å². The zero-order valence-corrected chi connectivity index (χ0v) is 9.64. The van der Waals surface area contributed by atoms with Crippen LogP contribution in [-0.2, 0) is 9.53 Å². The number of carbonyl (C=O) groups excluding carboxylic acids is 1. The van der Waals surface area contributed by atoms with E-state index >= 15 is 0 Å². The second-order valence-electron chi connectivity index (χ2n) is 4.03. The third-order valence-corrected chi connectivity index (χ3v) is 2.94. The molecule has 0 spiro atoms. The fourth-order valence-corrected chi connectivity index (χ4v) is 2.17. The van der Waals surface area contributed by atoms with E-state index in [4.69, 9.17) is 4.74 Å². The molecule has 0 N–H and O–H groups in total. The number of pyridine rings is 1. The van der Waals surface area contributed by atoms with Crippen molar-refractivity contribution in [2.75, 3.05) is 18.6 Å². The quantitative estimate of drug-likeness (QED) is 0.709. The molecular formula is C12H16N2O2. The first-order chi connectivity index (χ1) is 7.72. The van der Waals surface area contributed by atoms with Crippen molar-refractivity contribution >= 4 is 11.7 Å². The van der Waals surface area contributed by atoms with Crippen LogP contribution in [0.5, 0.6) is 0 Å². The van der Waals surface area contributed by atoms with Gasteiger partial charge in [-0.25, -0.2) is 4.79 Å². The lowest BCUT2D eigenvalue weighted by molar-refractivity contribution is -0.141. The number of aryl methyl sites for hydroxylation is 1. The van der Waals surface area contributed by atoms with Crippen LogP contribution in [0, 0.1) is 6.92 Å². The first-order valence-corrected chi connectivity index (χ1v) is 5.49. The van der Waals surface area contributed by atoms with Crippen molar-refractivity contribution in [2.45, 2.75) is 25.8 Å². The molecule has 1 aromatic rings. The third-order valence-electron chi connectivity index (χ3n) is 2.94. The fraction of sp³-hybridized carbons (Fsp3) is 0.500. The normalized spacial score (nSPS) is 19.9. The van der Waals surface area contributed by atoms with Crippen molar-refractivity contribution in [3.05, 3.63) is 24.0 Å². The fourth-order valence-electron chi connectivity index (χ4n) is 2.17. The summed E-state index contributed by atoms with van der Waals surface area (Å²) in [6.07, 6.45) is 3.67. The number of ether oxygens (including phenoxy) is 1. The minimum atomic E-state index is -0.146. The lowest BCUT2D eigenvalue weighted by atomic mass is 10.2. The van der Waals surface area contributed by atoms with E-state index in [0.717, 1.165) is 30.8 Å². The number of hydrogen-bond donors (Lipinski definition) is 0. The first-order valence-electron chi connectivity index (χ1n) is 5.49. The highest BCUT2D eigenvalue weighted by molar-refractivity contribution is 5.80. The number of nitrogens with zero attached hydrogens (tertiary/aromatic N) is 2. The van der Waals surface area contributed by atoms with Crippen LogP contribution in [0.3, 0.4) is 0 Å². The molecule has 0 amide bonds. The van der Waals surface area contributed by atoms with Gasteiger partial charge in [-0.2, -0.15) is 0 Å². The maximum atomic E-state index is 11.6. The van der Waals surface area contributed by atoms with E-state index in [2.05, 4.69) is 9.88 Å². The second kappa shape index (κ2) is 4.51. The molecule has 0 saturated carbocycles. The summed E-state index contributed by atoms with van der Waals surface area (Å²) in [6.45, 7) is 2.86. The van der Waals surface area contributed by atoms with Crippen molar-refractivity contribution in [1.29, 1.82) is 0 Å². The Balaban J connectivity index is 2.23. The molecule has 86 valence electrons. The predicted molar refractivity (Wildman–Crippen MR) is 61.4 cm³/mol. The van der Waals surface area contributed by atoms with Gasteiger partial charge in [-0.1, -0.05) is 0 Å². The average molecular weight is 220 g/mol. The standard InChI is InChI=1S/C12H16N2O2/c1-9-8-10(5-6-13-9)14-7-3-4-11(14)12(15)16-2/h5-6,8,11H,3-4,7H2,1-2H3. The van der Waals surface area contributed by atoms with Gasteiger partial charge in [0.2, 0.25) is 0 Å². The molecule has 0 aromatic carbocycles. The first kappa shape index (κ1) is 10.9. The van der Waals surface area contributed by atoms with E-state index in [9.17, 15) is 4.79 Å². The number of anilines is 1. The molecule has 2 rings (SSSR count).